The summed E-state index contributed by atoms with van der Waals surface area (Å²) in [6.07, 6.45) is 39.1. The fourth-order valence-electron chi connectivity index (χ4n) is 5.22. The molecule has 0 aromatic heterocycles. The van der Waals surface area contributed by atoms with E-state index in [0.717, 1.165) is 64.2 Å². The molecule has 10 nitrogen and oxygen atoms in total. The molecule has 3 unspecified atom stereocenters. The van der Waals surface area contributed by atoms with Crippen LogP contribution in [0.25, 0.3) is 0 Å². The Morgan fingerprint density at radius 3 is 1.69 bits per heavy atom. The van der Waals surface area contributed by atoms with Crippen molar-refractivity contribution in [2.24, 2.45) is 5.73 Å². The second-order valence-corrected chi connectivity index (χ2v) is 14.9. The second kappa shape index (κ2) is 36.5. The summed E-state index contributed by atoms with van der Waals surface area (Å²) >= 11 is 0. The average Bonchev–Trinajstić information content (AvgIpc) is 3.10. The first kappa shape index (κ1) is 49.2. The molecule has 0 spiro atoms. The van der Waals surface area contributed by atoms with Crippen LogP contribution in [0, 0.1) is 0 Å². The largest absolute Gasteiger partial charge is 0.480 e. The van der Waals surface area contributed by atoms with Gasteiger partial charge < -0.3 is 25.2 Å². The van der Waals surface area contributed by atoms with Crippen LogP contribution < -0.4 is 5.73 Å². The molecule has 51 heavy (non-hydrogen) atoms. The van der Waals surface area contributed by atoms with Crippen LogP contribution in [-0.4, -0.2) is 60.5 Å². The highest BCUT2D eigenvalue weighted by Crippen LogP contribution is 2.43. The minimum atomic E-state index is -4.61. The van der Waals surface area contributed by atoms with Crippen molar-refractivity contribution in [3.63, 3.8) is 0 Å². The summed E-state index contributed by atoms with van der Waals surface area (Å²) < 4.78 is 33.2. The molecule has 0 rings (SSSR count). The predicted octanol–water partition coefficient (Wildman–Crippen LogP) is 10.5. The molecule has 0 saturated carbocycles. The molecule has 0 saturated heterocycles. The summed E-state index contributed by atoms with van der Waals surface area (Å²) in [4.78, 5) is 33.4. The number of esters is 1. The van der Waals surface area contributed by atoms with Gasteiger partial charge in [-0.15, -0.1) is 0 Å². The van der Waals surface area contributed by atoms with Crippen LogP contribution in [0.4, 0.5) is 0 Å². The van der Waals surface area contributed by atoms with Gasteiger partial charge in [0.05, 0.1) is 19.8 Å². The van der Waals surface area contributed by atoms with Gasteiger partial charge in [0.1, 0.15) is 12.1 Å². The number of ether oxygens (including phenoxy) is 2. The Labute approximate surface area is 310 Å². The fourth-order valence-corrected chi connectivity index (χ4v) is 6.00. The average molecular weight is 744 g/mol. The maximum Gasteiger partial charge on any atom is 0.472 e. The van der Waals surface area contributed by atoms with Gasteiger partial charge in [-0.05, 0) is 64.2 Å². The molecule has 11 heteroatoms. The van der Waals surface area contributed by atoms with E-state index in [1.54, 1.807) is 0 Å². The number of hydrogen-bond acceptors (Lipinski definition) is 8. The van der Waals surface area contributed by atoms with Crippen LogP contribution in [0.5, 0.6) is 0 Å². The normalized spacial score (nSPS) is 14.4. The standard InChI is InChI=1S/C40H74NO9P/c1-3-5-7-9-11-13-15-16-17-18-19-20-21-22-24-26-28-30-32-39(42)50-37(35-48-51(45,46)49-36-38(41)40(43)44)34-47-33-31-29-27-25-23-14-12-10-8-6-4-2/h8,10,13,15,17-18,37-38H,3-7,9,11-12,14,16,19-36,41H2,1-2H3,(H,43,44)(H,45,46)/b10-8-,15-13-,18-17-. The van der Waals surface area contributed by atoms with Gasteiger partial charge in [0.25, 0.3) is 0 Å². The van der Waals surface area contributed by atoms with Crippen LogP contribution in [0.1, 0.15) is 168 Å². The van der Waals surface area contributed by atoms with Crippen LogP contribution >= 0.6 is 7.82 Å². The van der Waals surface area contributed by atoms with Gasteiger partial charge in [0, 0.05) is 13.0 Å². The third-order valence-corrected chi connectivity index (χ3v) is 9.32. The van der Waals surface area contributed by atoms with Gasteiger partial charge in [-0.3, -0.25) is 18.6 Å². The Bertz CT molecular complexity index is 956. The van der Waals surface area contributed by atoms with Crippen LogP contribution in [0.3, 0.4) is 0 Å². The monoisotopic (exact) mass is 744 g/mol. The number of unbranched alkanes of at least 4 members (excludes halogenated alkanes) is 18. The summed E-state index contributed by atoms with van der Waals surface area (Å²) in [7, 11) is -4.61. The van der Waals surface area contributed by atoms with Crippen molar-refractivity contribution >= 4 is 19.8 Å². The van der Waals surface area contributed by atoms with E-state index < -0.39 is 45.1 Å². The van der Waals surface area contributed by atoms with Crippen molar-refractivity contribution in [3.8, 4) is 0 Å². The number of carboxylic acid groups (broad SMARTS) is 1. The molecule has 4 N–H and O–H groups in total. The Hall–Kier alpha value is -1.81. The smallest absolute Gasteiger partial charge is 0.472 e. The van der Waals surface area contributed by atoms with Crippen LogP contribution in [-0.2, 0) is 32.7 Å². The Balaban J connectivity index is 4.27. The van der Waals surface area contributed by atoms with Crippen molar-refractivity contribution in [2.45, 2.75) is 180 Å². The van der Waals surface area contributed by atoms with Crippen LogP contribution in [0.2, 0.25) is 0 Å². The van der Waals surface area contributed by atoms with Gasteiger partial charge in [0.2, 0.25) is 0 Å². The lowest BCUT2D eigenvalue weighted by Gasteiger charge is -2.20. The van der Waals surface area contributed by atoms with E-state index in [2.05, 4.69) is 50.3 Å². The zero-order chi connectivity index (χ0) is 37.7. The predicted molar refractivity (Wildman–Crippen MR) is 208 cm³/mol. The van der Waals surface area contributed by atoms with Crippen molar-refractivity contribution in [1.82, 2.24) is 0 Å². The van der Waals surface area contributed by atoms with Crippen molar-refractivity contribution in [2.75, 3.05) is 26.4 Å². The van der Waals surface area contributed by atoms with E-state index in [1.165, 1.54) is 77.0 Å². The molecule has 0 aliphatic rings. The van der Waals surface area contributed by atoms with E-state index in [0.29, 0.717) is 13.0 Å². The summed E-state index contributed by atoms with van der Waals surface area (Å²) in [6.45, 7) is 3.77. The van der Waals surface area contributed by atoms with Gasteiger partial charge in [-0.2, -0.15) is 0 Å². The van der Waals surface area contributed by atoms with Crippen molar-refractivity contribution in [1.29, 1.82) is 0 Å². The molecule has 0 bridgehead atoms. The molecular formula is C40H74NO9P. The molecule has 0 radical (unpaired) electrons. The first-order chi connectivity index (χ1) is 24.7. The van der Waals surface area contributed by atoms with Gasteiger partial charge in [-0.1, -0.05) is 134 Å². The van der Waals surface area contributed by atoms with Gasteiger partial charge in [-0.25, -0.2) is 4.57 Å². The Kier molecular flexibility index (Phi) is 35.2. The number of rotatable bonds is 38. The highest BCUT2D eigenvalue weighted by Gasteiger charge is 2.27. The minimum absolute atomic E-state index is 0.00941. The van der Waals surface area contributed by atoms with Gasteiger partial charge in [0.15, 0.2) is 0 Å². The number of hydrogen-bond donors (Lipinski definition) is 3. The van der Waals surface area contributed by atoms with E-state index >= 15 is 0 Å². The molecule has 0 aliphatic carbocycles. The third kappa shape index (κ3) is 36.3. The Morgan fingerprint density at radius 1 is 0.627 bits per heavy atom. The number of phosphoric acid groups is 1. The minimum Gasteiger partial charge on any atom is -0.480 e. The third-order valence-electron chi connectivity index (χ3n) is 8.37. The number of carbonyl (C=O) groups excluding carboxylic acids is 1. The SMILES string of the molecule is CCC/C=C\CCCCCCCCOCC(COP(=O)(O)OCC(N)C(=O)O)OC(=O)CCCCCCCCC/C=C\C/C=C\CCCCCC. The maximum absolute atomic E-state index is 12.6. The van der Waals surface area contributed by atoms with E-state index in [1.807, 2.05) is 0 Å². The molecule has 298 valence electrons. The number of aliphatic carboxylic acids is 1. The quantitative estimate of drug-likeness (QED) is 0.0241. The molecule has 0 aromatic carbocycles. The summed E-state index contributed by atoms with van der Waals surface area (Å²) in [5, 5.41) is 8.87. The molecular weight excluding hydrogens is 669 g/mol. The highest BCUT2D eigenvalue weighted by atomic mass is 31.2. The highest BCUT2D eigenvalue weighted by molar-refractivity contribution is 7.47. The molecule has 0 aromatic rings. The molecule has 0 aliphatic heterocycles. The zero-order valence-corrected chi connectivity index (χ0v) is 33.1. The van der Waals surface area contributed by atoms with Crippen LogP contribution in [0.15, 0.2) is 36.5 Å². The number of phosphoric ester groups is 1. The van der Waals surface area contributed by atoms with Crippen molar-refractivity contribution < 1.29 is 42.7 Å². The topological polar surface area (TPSA) is 155 Å². The molecule has 0 fully saturated rings. The fraction of sp³-hybridized carbons (Fsp3) is 0.800. The van der Waals surface area contributed by atoms with E-state index in [-0.39, 0.29) is 13.0 Å². The number of carbonyl (C=O) groups is 2. The number of nitrogens with two attached hydrogens (primary N) is 1. The number of allylic oxidation sites excluding steroid dienone is 6. The first-order valence-electron chi connectivity index (χ1n) is 20.0. The molecule has 3 atom stereocenters. The van der Waals surface area contributed by atoms with E-state index in [9.17, 15) is 19.0 Å². The summed E-state index contributed by atoms with van der Waals surface area (Å²) in [6, 6.07) is -1.47. The molecule has 0 heterocycles. The summed E-state index contributed by atoms with van der Waals surface area (Å²) in [5.74, 6) is -1.79. The van der Waals surface area contributed by atoms with Crippen molar-refractivity contribution in [3.05, 3.63) is 36.5 Å². The van der Waals surface area contributed by atoms with Gasteiger partial charge >= 0.3 is 19.8 Å². The lowest BCUT2D eigenvalue weighted by atomic mass is 10.1. The lowest BCUT2D eigenvalue weighted by molar-refractivity contribution is -0.154. The van der Waals surface area contributed by atoms with E-state index in [4.69, 9.17) is 29.4 Å². The first-order valence-corrected chi connectivity index (χ1v) is 21.5. The summed E-state index contributed by atoms with van der Waals surface area (Å²) in [5.41, 5.74) is 5.34. The maximum atomic E-state index is 12.6. The Morgan fingerprint density at radius 2 is 1.12 bits per heavy atom. The second-order valence-electron chi connectivity index (χ2n) is 13.4. The number of carboxylic acids is 1. The molecule has 0 amide bonds. The lowest BCUT2D eigenvalue weighted by Crippen LogP contribution is -2.34. The zero-order valence-electron chi connectivity index (χ0n) is 32.2.